The first-order valence-electron chi connectivity index (χ1n) is 3.58. The molecule has 4 heteroatoms. The molecule has 0 unspecified atom stereocenters. The van der Waals surface area contributed by atoms with Gasteiger partial charge in [-0.2, -0.15) is 0 Å². The second-order valence-electron chi connectivity index (χ2n) is 2.65. The predicted molar refractivity (Wildman–Crippen MR) is 43.6 cm³/mol. The topological polar surface area (TPSA) is 46.5 Å². The van der Waals surface area contributed by atoms with Crippen LogP contribution in [0.1, 0.15) is 15.9 Å². The van der Waals surface area contributed by atoms with Crippen LogP contribution in [-0.4, -0.2) is 18.6 Å². The van der Waals surface area contributed by atoms with Crippen molar-refractivity contribution in [3.63, 3.8) is 0 Å². The normalized spacial score (nSPS) is 13.7. The third-order valence-corrected chi connectivity index (χ3v) is 1.84. The molecule has 1 N–H and O–H groups in total. The first-order chi connectivity index (χ1) is 5.77. The van der Waals surface area contributed by atoms with Gasteiger partial charge in [-0.25, -0.2) is 4.79 Å². The predicted octanol–water partition coefficient (Wildman–Crippen LogP) is 0.159. The van der Waals surface area contributed by atoms with Crippen LogP contribution in [0.15, 0.2) is 18.2 Å². The van der Waals surface area contributed by atoms with Crippen LogP contribution < -0.4 is 5.46 Å². The number of rotatable bonds is 1. The minimum Gasteiger partial charge on any atom is -0.478 e. The molecule has 0 spiro atoms. The number of fused-ring (bicyclic) bond motifs is 1. The van der Waals surface area contributed by atoms with Crippen molar-refractivity contribution >= 4 is 18.9 Å². The minimum absolute atomic E-state index is 0.301. The molecule has 1 heterocycles. The Balaban J connectivity index is 2.45. The number of carboxylic acids is 1. The molecule has 0 saturated heterocycles. The summed E-state index contributed by atoms with van der Waals surface area (Å²) in [5, 5.41) is 8.66. The summed E-state index contributed by atoms with van der Waals surface area (Å²) in [6.45, 7) is 0.551. The highest BCUT2D eigenvalue weighted by Gasteiger charge is 2.14. The largest absolute Gasteiger partial charge is 0.478 e. The number of carbonyl (C=O) groups is 1. The maximum Gasteiger partial charge on any atom is 0.335 e. The molecule has 1 radical (unpaired) electrons. The molecule has 0 saturated carbocycles. The maximum absolute atomic E-state index is 10.5. The molecule has 12 heavy (non-hydrogen) atoms. The summed E-state index contributed by atoms with van der Waals surface area (Å²) < 4.78 is 5.03. The van der Waals surface area contributed by atoms with E-state index < -0.39 is 5.97 Å². The smallest absolute Gasteiger partial charge is 0.335 e. The van der Waals surface area contributed by atoms with Crippen LogP contribution in [0.2, 0.25) is 0 Å². The van der Waals surface area contributed by atoms with Crippen LogP contribution in [0.5, 0.6) is 0 Å². The summed E-state index contributed by atoms with van der Waals surface area (Å²) in [6.07, 6.45) is 0. The van der Waals surface area contributed by atoms with Gasteiger partial charge in [0.2, 0.25) is 0 Å². The molecule has 0 aliphatic carbocycles. The van der Waals surface area contributed by atoms with Crippen molar-refractivity contribution in [2.45, 2.75) is 6.61 Å². The van der Waals surface area contributed by atoms with Crippen molar-refractivity contribution in [1.29, 1.82) is 0 Å². The summed E-state index contributed by atoms with van der Waals surface area (Å²) in [5.74, 6) is -0.905. The number of benzene rings is 1. The van der Waals surface area contributed by atoms with E-state index >= 15 is 0 Å². The van der Waals surface area contributed by atoms with Gasteiger partial charge in [-0.15, -0.1) is 0 Å². The molecular weight excluding hydrogens is 155 g/mol. The molecule has 1 aliphatic heterocycles. The zero-order valence-corrected chi connectivity index (χ0v) is 6.28. The van der Waals surface area contributed by atoms with E-state index in [9.17, 15) is 4.79 Å². The molecule has 59 valence electrons. The molecule has 0 fully saturated rings. The summed E-state index contributed by atoms with van der Waals surface area (Å²) in [7, 11) is 1.59. The quantitative estimate of drug-likeness (QED) is 0.596. The van der Waals surface area contributed by atoms with Crippen molar-refractivity contribution in [2.75, 3.05) is 0 Å². The molecule has 0 aromatic heterocycles. The molecule has 0 atom stereocenters. The lowest BCUT2D eigenvalue weighted by molar-refractivity contribution is 0.0697. The van der Waals surface area contributed by atoms with E-state index in [0.29, 0.717) is 12.2 Å². The first kappa shape index (κ1) is 7.37. The number of aromatic carboxylic acids is 1. The van der Waals surface area contributed by atoms with E-state index in [1.165, 1.54) is 0 Å². The summed E-state index contributed by atoms with van der Waals surface area (Å²) >= 11 is 0. The lowest BCUT2D eigenvalue weighted by atomic mass is 9.86. The van der Waals surface area contributed by atoms with Crippen LogP contribution >= 0.6 is 0 Å². The SMILES string of the molecule is O=C(O)c1ccc2c(c1)[B]OC2. The van der Waals surface area contributed by atoms with Crippen LogP contribution in [0.3, 0.4) is 0 Å². The fourth-order valence-electron chi connectivity index (χ4n) is 1.19. The molecule has 1 aromatic carbocycles. The van der Waals surface area contributed by atoms with Crippen LogP contribution in [0.4, 0.5) is 0 Å². The Morgan fingerprint density at radius 2 is 2.42 bits per heavy atom. The first-order valence-corrected chi connectivity index (χ1v) is 3.58. The Morgan fingerprint density at radius 1 is 1.58 bits per heavy atom. The Kier molecular flexibility index (Phi) is 1.62. The zero-order chi connectivity index (χ0) is 8.55. The van der Waals surface area contributed by atoms with Gasteiger partial charge in [0.15, 0.2) is 0 Å². The number of carboxylic acid groups (broad SMARTS) is 1. The van der Waals surface area contributed by atoms with Crippen molar-refractivity contribution in [1.82, 2.24) is 0 Å². The Hall–Kier alpha value is -1.29. The Morgan fingerprint density at radius 3 is 3.17 bits per heavy atom. The van der Waals surface area contributed by atoms with Crippen molar-refractivity contribution in [3.05, 3.63) is 29.3 Å². The average molecular weight is 161 g/mol. The summed E-state index contributed by atoms with van der Waals surface area (Å²) in [5.41, 5.74) is 2.21. The molecule has 3 nitrogen and oxygen atoms in total. The monoisotopic (exact) mass is 161 g/mol. The van der Waals surface area contributed by atoms with Gasteiger partial charge in [0.25, 0.3) is 0 Å². The lowest BCUT2D eigenvalue weighted by Crippen LogP contribution is -2.13. The van der Waals surface area contributed by atoms with E-state index in [1.54, 1.807) is 25.7 Å². The van der Waals surface area contributed by atoms with Crippen LogP contribution in [0, 0.1) is 0 Å². The third kappa shape index (κ3) is 1.10. The van der Waals surface area contributed by atoms with Gasteiger partial charge in [0, 0.05) is 0 Å². The third-order valence-electron chi connectivity index (χ3n) is 1.84. The molecule has 0 amide bonds. The fourth-order valence-corrected chi connectivity index (χ4v) is 1.19. The van der Waals surface area contributed by atoms with Gasteiger partial charge in [0.1, 0.15) is 0 Å². The number of hydrogen-bond acceptors (Lipinski definition) is 2. The Bertz CT molecular complexity index is 335. The van der Waals surface area contributed by atoms with E-state index in [2.05, 4.69) is 0 Å². The molecule has 1 aromatic rings. The van der Waals surface area contributed by atoms with Gasteiger partial charge >= 0.3 is 13.5 Å². The van der Waals surface area contributed by atoms with Gasteiger partial charge < -0.3 is 9.76 Å². The molecular formula is C8H6BO3. The molecule has 0 bridgehead atoms. The van der Waals surface area contributed by atoms with Crippen LogP contribution in [-0.2, 0) is 11.3 Å². The summed E-state index contributed by atoms with van der Waals surface area (Å²) in [6, 6.07) is 4.98. The highest BCUT2D eigenvalue weighted by atomic mass is 16.4. The van der Waals surface area contributed by atoms with Crippen molar-refractivity contribution in [2.24, 2.45) is 0 Å². The standard InChI is InChI=1S/C8H6BO3/c10-8(11)5-1-2-6-4-12-9-7(6)3-5/h1-3H,4H2,(H,10,11). The molecule has 2 rings (SSSR count). The van der Waals surface area contributed by atoms with E-state index in [4.69, 9.17) is 9.76 Å². The number of hydrogen-bond donors (Lipinski definition) is 1. The van der Waals surface area contributed by atoms with Gasteiger partial charge in [-0.1, -0.05) is 12.1 Å². The van der Waals surface area contributed by atoms with Gasteiger partial charge in [-0.3, -0.25) is 0 Å². The fraction of sp³-hybridized carbons (Fsp3) is 0.125. The maximum atomic E-state index is 10.5. The van der Waals surface area contributed by atoms with E-state index in [0.717, 1.165) is 11.0 Å². The van der Waals surface area contributed by atoms with Crippen molar-refractivity contribution in [3.8, 4) is 0 Å². The van der Waals surface area contributed by atoms with Gasteiger partial charge in [-0.05, 0) is 17.1 Å². The second-order valence-corrected chi connectivity index (χ2v) is 2.65. The summed E-state index contributed by atoms with van der Waals surface area (Å²) in [4.78, 5) is 10.5. The minimum atomic E-state index is -0.905. The van der Waals surface area contributed by atoms with E-state index in [-0.39, 0.29) is 0 Å². The highest BCUT2D eigenvalue weighted by molar-refractivity contribution is 6.49. The van der Waals surface area contributed by atoms with Gasteiger partial charge in [0.05, 0.1) is 12.2 Å². The Labute approximate surface area is 70.2 Å². The average Bonchev–Trinajstić information content (AvgIpc) is 2.49. The lowest BCUT2D eigenvalue weighted by Gasteiger charge is -1.97. The zero-order valence-electron chi connectivity index (χ0n) is 6.28. The molecule has 1 aliphatic rings. The highest BCUT2D eigenvalue weighted by Crippen LogP contribution is 2.07. The van der Waals surface area contributed by atoms with Crippen molar-refractivity contribution < 1.29 is 14.6 Å². The van der Waals surface area contributed by atoms with Crippen LogP contribution in [0.25, 0.3) is 0 Å². The van der Waals surface area contributed by atoms with E-state index in [1.807, 2.05) is 0 Å². The second kappa shape index (κ2) is 2.64.